The van der Waals surface area contributed by atoms with E-state index in [4.69, 9.17) is 15.2 Å². The molecule has 0 radical (unpaired) electrons. The van der Waals surface area contributed by atoms with E-state index in [1.165, 1.54) is 6.33 Å². The van der Waals surface area contributed by atoms with E-state index in [-0.39, 0.29) is 11.9 Å². The number of piperazine rings is 1. The van der Waals surface area contributed by atoms with E-state index in [9.17, 15) is 4.79 Å². The lowest BCUT2D eigenvalue weighted by Crippen LogP contribution is -2.52. The zero-order valence-electron chi connectivity index (χ0n) is 22.3. The molecule has 11 nitrogen and oxygen atoms in total. The number of rotatable bonds is 5. The minimum Gasteiger partial charge on any atom is -0.423 e. The van der Waals surface area contributed by atoms with Crippen molar-refractivity contribution in [3.05, 3.63) is 54.4 Å². The van der Waals surface area contributed by atoms with Gasteiger partial charge >= 0.3 is 0 Å². The Bertz CT molecular complexity index is 1700. The molecule has 4 heterocycles. The number of carbonyl (C=O) groups excluding carboxylic acids is 1. The molecule has 1 aliphatic carbocycles. The Kier molecular flexibility index (Phi) is 6.07. The summed E-state index contributed by atoms with van der Waals surface area (Å²) >= 11 is 0. The van der Waals surface area contributed by atoms with Gasteiger partial charge in [0.15, 0.2) is 11.2 Å². The molecule has 2 fully saturated rings. The maximum Gasteiger partial charge on any atom is 0.300 e. The Labute approximate surface area is 230 Å². The normalized spacial score (nSPS) is 20.2. The number of aromatic nitrogens is 5. The number of nitrogens with zero attached hydrogens (tertiary/aromatic N) is 6. The number of nitrogen functional groups attached to an aromatic ring is 1. The van der Waals surface area contributed by atoms with Crippen molar-refractivity contribution in [2.24, 2.45) is 0 Å². The fourth-order valence-electron chi connectivity index (χ4n) is 6.02. The molecule has 1 saturated heterocycles. The van der Waals surface area contributed by atoms with Crippen LogP contribution >= 0.6 is 0 Å². The first-order chi connectivity index (χ1) is 19.5. The van der Waals surface area contributed by atoms with Crippen LogP contribution < -0.4 is 16.4 Å². The summed E-state index contributed by atoms with van der Waals surface area (Å²) in [5.74, 6) is 0.539. The summed E-state index contributed by atoms with van der Waals surface area (Å²) in [7, 11) is 0. The Balaban J connectivity index is 1.13. The van der Waals surface area contributed by atoms with Crippen molar-refractivity contribution in [3.8, 4) is 11.3 Å². The molecule has 2 aliphatic rings. The molecular formula is C29H31N9O2. The number of carbonyl (C=O) groups is 1. The van der Waals surface area contributed by atoms with Gasteiger partial charge in [0.2, 0.25) is 5.91 Å². The number of hydrogen-bond acceptors (Lipinski definition) is 9. The van der Waals surface area contributed by atoms with Crippen LogP contribution in [0.1, 0.15) is 37.3 Å². The van der Waals surface area contributed by atoms with E-state index in [1.54, 1.807) is 0 Å². The minimum absolute atomic E-state index is 0.119. The van der Waals surface area contributed by atoms with Crippen LogP contribution in [0.25, 0.3) is 33.4 Å². The minimum atomic E-state index is 0.119. The Morgan fingerprint density at radius 3 is 2.65 bits per heavy atom. The summed E-state index contributed by atoms with van der Waals surface area (Å²) in [5, 5.41) is 12.0. The summed E-state index contributed by atoms with van der Waals surface area (Å²) in [4.78, 5) is 27.6. The molecule has 0 bridgehead atoms. The van der Waals surface area contributed by atoms with Gasteiger partial charge in [-0.2, -0.15) is 10.1 Å². The maximum atomic E-state index is 11.9. The molecule has 4 N–H and O–H groups in total. The van der Waals surface area contributed by atoms with Crippen LogP contribution in [0, 0.1) is 6.92 Å². The van der Waals surface area contributed by atoms with Crippen molar-refractivity contribution < 1.29 is 9.21 Å². The molecule has 1 saturated carbocycles. The Morgan fingerprint density at radius 1 is 1.05 bits per heavy atom. The monoisotopic (exact) mass is 537 g/mol. The van der Waals surface area contributed by atoms with Crippen molar-refractivity contribution in [2.45, 2.75) is 44.7 Å². The van der Waals surface area contributed by atoms with Gasteiger partial charge in [0.1, 0.15) is 23.4 Å². The van der Waals surface area contributed by atoms with E-state index >= 15 is 0 Å². The van der Waals surface area contributed by atoms with Crippen LogP contribution in [0.5, 0.6) is 0 Å². The molecule has 2 aromatic carbocycles. The number of fused-ring (bicyclic) bond motifs is 2. The highest BCUT2D eigenvalue weighted by Gasteiger charge is 2.31. The first kappa shape index (κ1) is 24.5. The SMILES string of the molecule is Cc1ccc2oc(Nc3ccc(-c4nn([C@H]5CC[C@H](N6CCNC(=O)C6)CC5)c5ncnc(N)c45)cc3)nc2c1. The second-order valence-corrected chi connectivity index (χ2v) is 10.7. The van der Waals surface area contributed by atoms with E-state index in [0.29, 0.717) is 24.4 Å². The number of benzene rings is 2. The number of nitrogens with one attached hydrogen (secondary N) is 2. The fourth-order valence-corrected chi connectivity index (χ4v) is 6.02. The number of nitrogens with two attached hydrogens (primary N) is 1. The van der Waals surface area contributed by atoms with E-state index in [0.717, 1.165) is 83.4 Å². The van der Waals surface area contributed by atoms with E-state index < -0.39 is 0 Å². The Hall–Kier alpha value is -4.51. The smallest absolute Gasteiger partial charge is 0.300 e. The average molecular weight is 538 g/mol. The summed E-state index contributed by atoms with van der Waals surface area (Å²) in [6, 6.07) is 15.0. The average Bonchev–Trinajstić information content (AvgIpc) is 3.55. The number of anilines is 3. The molecule has 1 aliphatic heterocycles. The van der Waals surface area contributed by atoms with Gasteiger partial charge in [0, 0.05) is 30.4 Å². The predicted octanol–water partition coefficient (Wildman–Crippen LogP) is 4.18. The summed E-state index contributed by atoms with van der Waals surface area (Å²) in [6.45, 7) is 4.16. The van der Waals surface area contributed by atoms with Crippen molar-refractivity contribution in [1.29, 1.82) is 0 Å². The molecule has 0 unspecified atom stereocenters. The number of amides is 1. The van der Waals surface area contributed by atoms with Crippen LogP contribution in [-0.4, -0.2) is 61.2 Å². The summed E-state index contributed by atoms with van der Waals surface area (Å²) in [6.07, 6.45) is 5.48. The Morgan fingerprint density at radius 2 is 1.85 bits per heavy atom. The lowest BCUT2D eigenvalue weighted by molar-refractivity contribution is -0.125. The lowest BCUT2D eigenvalue weighted by Gasteiger charge is -2.38. The molecule has 0 atom stereocenters. The first-order valence-corrected chi connectivity index (χ1v) is 13.8. The standard InChI is InChI=1S/C29H31N9O2/c1-17-2-11-23-22(14-17)35-29(40-23)34-19-5-3-18(4-6-19)26-25-27(30)32-16-33-28(25)38(36-26)21-9-7-20(8-10-21)37-13-12-31-24(39)15-37/h2-6,11,14,16,20-21H,7-10,12-13,15H2,1H3,(H,31,39)(H,34,35)(H2,30,32,33)/t20-,21-. The third kappa shape index (κ3) is 4.51. The maximum absolute atomic E-state index is 11.9. The molecule has 1 amide bonds. The lowest BCUT2D eigenvalue weighted by atomic mass is 9.90. The van der Waals surface area contributed by atoms with Crippen molar-refractivity contribution in [3.63, 3.8) is 0 Å². The summed E-state index contributed by atoms with van der Waals surface area (Å²) in [5.41, 5.74) is 12.4. The number of oxazole rings is 1. The predicted molar refractivity (Wildman–Crippen MR) is 153 cm³/mol. The molecular weight excluding hydrogens is 506 g/mol. The highest BCUT2D eigenvalue weighted by Crippen LogP contribution is 2.37. The highest BCUT2D eigenvalue weighted by molar-refractivity contribution is 5.98. The molecule has 40 heavy (non-hydrogen) atoms. The van der Waals surface area contributed by atoms with Crippen LogP contribution in [0.3, 0.4) is 0 Å². The zero-order valence-corrected chi connectivity index (χ0v) is 22.3. The highest BCUT2D eigenvalue weighted by atomic mass is 16.4. The van der Waals surface area contributed by atoms with Gasteiger partial charge in [-0.1, -0.05) is 18.2 Å². The number of hydrogen-bond donors (Lipinski definition) is 3. The van der Waals surface area contributed by atoms with Gasteiger partial charge in [0.25, 0.3) is 6.01 Å². The second-order valence-electron chi connectivity index (χ2n) is 10.7. The molecule has 5 aromatic rings. The van der Waals surface area contributed by atoms with Gasteiger partial charge < -0.3 is 20.8 Å². The quantitative estimate of drug-likeness (QED) is 0.301. The zero-order chi connectivity index (χ0) is 27.2. The van der Waals surface area contributed by atoms with Crippen LogP contribution in [0.15, 0.2) is 53.2 Å². The van der Waals surface area contributed by atoms with E-state index in [1.807, 2.05) is 54.1 Å². The molecule has 3 aromatic heterocycles. The third-order valence-electron chi connectivity index (χ3n) is 8.07. The summed E-state index contributed by atoms with van der Waals surface area (Å²) < 4.78 is 7.88. The largest absolute Gasteiger partial charge is 0.423 e. The number of aryl methyl sites for hydroxylation is 1. The van der Waals surface area contributed by atoms with Gasteiger partial charge in [-0.05, 0) is 62.4 Å². The third-order valence-corrected chi connectivity index (χ3v) is 8.07. The molecule has 11 heteroatoms. The van der Waals surface area contributed by atoms with Gasteiger partial charge in [-0.25, -0.2) is 14.6 Å². The molecule has 204 valence electrons. The topological polar surface area (TPSA) is 140 Å². The van der Waals surface area contributed by atoms with E-state index in [2.05, 4.69) is 30.5 Å². The fraction of sp³-hybridized carbons (Fsp3) is 0.345. The van der Waals surface area contributed by atoms with Crippen molar-refractivity contribution in [1.82, 2.24) is 34.9 Å². The second kappa shape index (κ2) is 9.91. The van der Waals surface area contributed by atoms with Gasteiger partial charge in [-0.15, -0.1) is 0 Å². The van der Waals surface area contributed by atoms with Crippen molar-refractivity contribution >= 4 is 45.6 Å². The van der Waals surface area contributed by atoms with Crippen LogP contribution in [0.4, 0.5) is 17.5 Å². The van der Waals surface area contributed by atoms with Gasteiger partial charge in [0.05, 0.1) is 18.0 Å². The van der Waals surface area contributed by atoms with Crippen LogP contribution in [-0.2, 0) is 4.79 Å². The molecule has 0 spiro atoms. The van der Waals surface area contributed by atoms with Gasteiger partial charge in [-0.3, -0.25) is 9.69 Å². The molecule has 7 rings (SSSR count). The van der Waals surface area contributed by atoms with Crippen molar-refractivity contribution in [2.75, 3.05) is 30.7 Å². The first-order valence-electron chi connectivity index (χ1n) is 13.8. The van der Waals surface area contributed by atoms with Crippen LogP contribution in [0.2, 0.25) is 0 Å².